The smallest absolute Gasteiger partial charge is 0.322 e. The molecule has 6 heteroatoms. The van der Waals surface area contributed by atoms with Gasteiger partial charge in [-0.2, -0.15) is 15.0 Å². The van der Waals surface area contributed by atoms with Crippen LogP contribution in [0.15, 0.2) is 0 Å². The Morgan fingerprint density at radius 3 is 2.47 bits per heavy atom. The Kier molecular flexibility index (Phi) is 5.63. The Hall–Kier alpha value is -1.10. The molecule has 0 unspecified atom stereocenters. The van der Waals surface area contributed by atoms with E-state index in [1.807, 2.05) is 6.92 Å². The van der Waals surface area contributed by atoms with Crippen molar-refractivity contribution in [1.29, 1.82) is 0 Å². The molecular weight excluding hydrogens is 264 g/mol. The minimum absolute atomic E-state index is 0.173. The van der Waals surface area contributed by atoms with Gasteiger partial charge < -0.3 is 10.1 Å². The molecule has 5 nitrogen and oxygen atoms in total. The Morgan fingerprint density at radius 1 is 1.11 bits per heavy atom. The van der Waals surface area contributed by atoms with Crippen molar-refractivity contribution < 1.29 is 4.74 Å². The monoisotopic (exact) mass is 284 g/mol. The van der Waals surface area contributed by atoms with Crippen molar-refractivity contribution in [2.45, 2.75) is 57.9 Å². The number of nitrogens with zero attached hydrogens (tertiary/aromatic N) is 3. The molecule has 1 aromatic rings. The first kappa shape index (κ1) is 14.3. The molecule has 1 aromatic heterocycles. The van der Waals surface area contributed by atoms with Crippen LogP contribution in [0.1, 0.15) is 51.9 Å². The molecule has 0 bridgehead atoms. The molecule has 1 aliphatic rings. The largest absolute Gasteiger partial charge is 0.464 e. The molecule has 1 aliphatic carbocycles. The average molecular weight is 285 g/mol. The number of nitrogens with one attached hydrogen (secondary N) is 1. The molecule has 1 fully saturated rings. The number of aromatic nitrogens is 3. The number of halogens is 1. The maximum absolute atomic E-state index is 5.88. The van der Waals surface area contributed by atoms with Crippen molar-refractivity contribution in [3.63, 3.8) is 0 Å². The summed E-state index contributed by atoms with van der Waals surface area (Å²) < 4.78 is 5.27. The van der Waals surface area contributed by atoms with Crippen molar-refractivity contribution >= 4 is 17.5 Å². The van der Waals surface area contributed by atoms with Crippen LogP contribution in [-0.2, 0) is 0 Å². The first-order valence-corrected chi connectivity index (χ1v) is 7.46. The third kappa shape index (κ3) is 4.82. The molecule has 0 aromatic carbocycles. The molecule has 0 saturated heterocycles. The summed E-state index contributed by atoms with van der Waals surface area (Å²) in [5.41, 5.74) is 0. The van der Waals surface area contributed by atoms with E-state index in [2.05, 4.69) is 20.3 Å². The van der Waals surface area contributed by atoms with E-state index < -0.39 is 0 Å². The van der Waals surface area contributed by atoms with Gasteiger partial charge in [0.05, 0.1) is 6.61 Å². The van der Waals surface area contributed by atoms with Gasteiger partial charge >= 0.3 is 6.01 Å². The van der Waals surface area contributed by atoms with Crippen molar-refractivity contribution in [2.24, 2.45) is 0 Å². The van der Waals surface area contributed by atoms with E-state index in [1.54, 1.807) is 0 Å². The van der Waals surface area contributed by atoms with E-state index >= 15 is 0 Å². The fraction of sp³-hybridized carbons (Fsp3) is 0.769. The lowest BCUT2D eigenvalue weighted by Gasteiger charge is -2.21. The van der Waals surface area contributed by atoms with E-state index in [0.717, 1.165) is 12.8 Å². The summed E-state index contributed by atoms with van der Waals surface area (Å²) in [4.78, 5) is 12.3. The Bertz CT molecular complexity index is 394. The first-order chi connectivity index (χ1) is 9.28. The zero-order chi connectivity index (χ0) is 13.5. The predicted molar refractivity (Wildman–Crippen MR) is 75.7 cm³/mol. The summed E-state index contributed by atoms with van der Waals surface area (Å²) in [6.45, 7) is 2.41. The van der Waals surface area contributed by atoms with Crippen LogP contribution in [0.2, 0.25) is 5.28 Å². The quantitative estimate of drug-likeness (QED) is 0.917. The lowest BCUT2D eigenvalue weighted by Crippen LogP contribution is -2.22. The van der Waals surface area contributed by atoms with E-state index in [-0.39, 0.29) is 11.3 Å². The summed E-state index contributed by atoms with van der Waals surface area (Å²) in [6, 6.07) is 0.712. The normalized spacial score (nSPS) is 17.6. The third-order valence-corrected chi connectivity index (χ3v) is 3.47. The van der Waals surface area contributed by atoms with Gasteiger partial charge in [0, 0.05) is 6.04 Å². The van der Waals surface area contributed by atoms with Crippen LogP contribution < -0.4 is 10.1 Å². The summed E-state index contributed by atoms with van der Waals surface area (Å²) in [7, 11) is 0. The molecule has 0 aliphatic heterocycles. The van der Waals surface area contributed by atoms with Gasteiger partial charge in [0.1, 0.15) is 0 Å². The van der Waals surface area contributed by atoms with Crippen molar-refractivity contribution in [2.75, 3.05) is 11.9 Å². The molecule has 1 N–H and O–H groups in total. The Labute approximate surface area is 119 Å². The summed E-state index contributed by atoms with van der Waals surface area (Å²) in [5, 5.41) is 3.53. The molecule has 1 saturated carbocycles. The Balaban J connectivity index is 1.99. The fourth-order valence-corrected chi connectivity index (χ4v) is 2.53. The van der Waals surface area contributed by atoms with Crippen LogP contribution in [0.5, 0.6) is 6.01 Å². The van der Waals surface area contributed by atoms with Crippen LogP contribution in [0.4, 0.5) is 5.95 Å². The lowest BCUT2D eigenvalue weighted by molar-refractivity contribution is 0.311. The van der Waals surface area contributed by atoms with Gasteiger partial charge in [0.15, 0.2) is 0 Å². The molecule has 1 heterocycles. The highest BCUT2D eigenvalue weighted by molar-refractivity contribution is 6.28. The number of hydrogen-bond donors (Lipinski definition) is 1. The van der Waals surface area contributed by atoms with Crippen LogP contribution >= 0.6 is 11.6 Å². The van der Waals surface area contributed by atoms with Gasteiger partial charge in [-0.1, -0.05) is 32.1 Å². The molecule has 0 atom stereocenters. The number of anilines is 1. The van der Waals surface area contributed by atoms with E-state index in [1.165, 1.54) is 32.1 Å². The maximum atomic E-state index is 5.88. The van der Waals surface area contributed by atoms with E-state index in [0.29, 0.717) is 18.6 Å². The van der Waals surface area contributed by atoms with Crippen LogP contribution in [0.3, 0.4) is 0 Å². The summed E-state index contributed by atoms with van der Waals surface area (Å²) >= 11 is 5.88. The zero-order valence-corrected chi connectivity index (χ0v) is 12.1. The molecule has 106 valence electrons. The van der Waals surface area contributed by atoms with Gasteiger partial charge in [0.2, 0.25) is 11.2 Å². The van der Waals surface area contributed by atoms with Gasteiger partial charge in [-0.05, 0) is 31.4 Å². The highest BCUT2D eigenvalue weighted by atomic mass is 35.5. The summed E-state index contributed by atoms with van der Waals surface area (Å²) in [6.07, 6.45) is 8.84. The number of ether oxygens (including phenoxy) is 1. The molecule has 0 spiro atoms. The molecule has 0 radical (unpaired) electrons. The summed E-state index contributed by atoms with van der Waals surface area (Å²) in [5.74, 6) is 0.522. The van der Waals surface area contributed by atoms with Gasteiger partial charge in [-0.25, -0.2) is 0 Å². The second-order valence-corrected chi connectivity index (χ2v) is 5.17. The Morgan fingerprint density at radius 2 is 1.79 bits per heavy atom. The molecule has 2 rings (SSSR count). The maximum Gasteiger partial charge on any atom is 0.322 e. The van der Waals surface area contributed by atoms with E-state index in [4.69, 9.17) is 16.3 Å². The zero-order valence-electron chi connectivity index (χ0n) is 11.4. The van der Waals surface area contributed by atoms with E-state index in [9.17, 15) is 0 Å². The fourth-order valence-electron chi connectivity index (χ4n) is 2.37. The second kappa shape index (κ2) is 7.48. The predicted octanol–water partition coefficient (Wildman–Crippen LogP) is 3.45. The highest BCUT2D eigenvalue weighted by Gasteiger charge is 2.14. The number of hydrogen-bond acceptors (Lipinski definition) is 5. The van der Waals surface area contributed by atoms with Gasteiger partial charge in [-0.3, -0.25) is 0 Å². The minimum atomic E-state index is 0.173. The molecule has 0 amide bonds. The third-order valence-electron chi connectivity index (χ3n) is 3.30. The van der Waals surface area contributed by atoms with Crippen molar-refractivity contribution in [3.05, 3.63) is 5.28 Å². The van der Waals surface area contributed by atoms with Crippen molar-refractivity contribution in [1.82, 2.24) is 15.0 Å². The standard InChI is InChI=1S/C13H21ClN4O/c1-2-19-13-17-11(14)16-12(18-13)15-10-8-6-4-3-5-7-9-10/h10H,2-9H2,1H3,(H,15,16,17,18). The topological polar surface area (TPSA) is 59.9 Å². The molecule has 19 heavy (non-hydrogen) atoms. The van der Waals surface area contributed by atoms with Crippen molar-refractivity contribution in [3.8, 4) is 6.01 Å². The van der Waals surface area contributed by atoms with Crippen LogP contribution in [-0.4, -0.2) is 27.6 Å². The first-order valence-electron chi connectivity index (χ1n) is 7.09. The van der Waals surface area contributed by atoms with Gasteiger partial charge in [0.25, 0.3) is 0 Å². The second-order valence-electron chi connectivity index (χ2n) is 4.83. The molecular formula is C13H21ClN4O. The lowest BCUT2D eigenvalue weighted by atomic mass is 9.97. The minimum Gasteiger partial charge on any atom is -0.464 e. The number of rotatable bonds is 4. The highest BCUT2D eigenvalue weighted by Crippen LogP contribution is 2.20. The average Bonchev–Trinajstić information content (AvgIpc) is 2.32. The van der Waals surface area contributed by atoms with Crippen LogP contribution in [0, 0.1) is 0 Å². The SMILES string of the molecule is CCOc1nc(Cl)nc(NC2CCCCCCC2)n1. The van der Waals surface area contributed by atoms with Crippen LogP contribution in [0.25, 0.3) is 0 Å². The van der Waals surface area contributed by atoms with Gasteiger partial charge in [-0.15, -0.1) is 0 Å².